The van der Waals surface area contributed by atoms with E-state index < -0.39 is 11.5 Å². The molecule has 1 aromatic carbocycles. The Morgan fingerprint density at radius 2 is 1.85 bits per heavy atom. The molecule has 0 aliphatic rings. The second-order valence-electron chi connectivity index (χ2n) is 5.07. The lowest BCUT2D eigenvalue weighted by Gasteiger charge is -2.07. The van der Waals surface area contributed by atoms with E-state index in [-0.39, 0.29) is 5.56 Å². The van der Waals surface area contributed by atoms with Crippen molar-refractivity contribution in [2.75, 3.05) is 5.32 Å². The summed E-state index contributed by atoms with van der Waals surface area (Å²) in [5.74, 6) is -0.0164. The highest BCUT2D eigenvalue weighted by molar-refractivity contribution is 6.04. The fourth-order valence-electron chi connectivity index (χ4n) is 1.95. The van der Waals surface area contributed by atoms with Gasteiger partial charge in [-0.25, -0.2) is 9.53 Å². The van der Waals surface area contributed by atoms with E-state index in [1.165, 1.54) is 10.3 Å². The first-order chi connectivity index (χ1) is 9.40. The maximum Gasteiger partial charge on any atom is 0.370 e. The summed E-state index contributed by atoms with van der Waals surface area (Å²) in [6.07, 6.45) is 0. The van der Waals surface area contributed by atoms with Crippen LogP contribution in [0.5, 0.6) is 0 Å². The second-order valence-corrected chi connectivity index (χ2v) is 5.07. The van der Waals surface area contributed by atoms with Crippen LogP contribution in [0.4, 0.5) is 5.69 Å². The molecule has 0 aliphatic heterocycles. The van der Waals surface area contributed by atoms with E-state index in [2.05, 4.69) is 19.2 Å². The summed E-state index contributed by atoms with van der Waals surface area (Å²) in [4.78, 5) is 23.7. The largest absolute Gasteiger partial charge is 0.370 e. The van der Waals surface area contributed by atoms with Crippen molar-refractivity contribution in [2.45, 2.75) is 26.7 Å². The molecular weight excluding hydrogens is 256 g/mol. The van der Waals surface area contributed by atoms with Crippen LogP contribution in [0.2, 0.25) is 0 Å². The summed E-state index contributed by atoms with van der Waals surface area (Å²) in [6.45, 7) is 5.87. The van der Waals surface area contributed by atoms with Crippen LogP contribution in [0, 0.1) is 6.92 Å². The van der Waals surface area contributed by atoms with Gasteiger partial charge in [-0.3, -0.25) is 4.79 Å². The smallest absolute Gasteiger partial charge is 0.336 e. The minimum Gasteiger partial charge on any atom is -0.336 e. The zero-order chi connectivity index (χ0) is 14.9. The standard InChI is InChI=1S/C15H18N2O3/c1-9(2)11-5-7-12(8-6-11)16-14(18)13-10(3)17(4)20-15(13)19/h5-9H,1-4H3,(H,16,18). The number of rotatable bonds is 3. The van der Waals surface area contributed by atoms with Gasteiger partial charge in [0.15, 0.2) is 0 Å². The highest BCUT2D eigenvalue weighted by atomic mass is 16.5. The number of benzene rings is 1. The zero-order valence-electron chi connectivity index (χ0n) is 12.1. The number of aromatic nitrogens is 1. The van der Waals surface area contributed by atoms with Gasteiger partial charge in [0.05, 0.1) is 5.69 Å². The quantitative estimate of drug-likeness (QED) is 0.935. The molecule has 0 fully saturated rings. The Labute approximate surface area is 117 Å². The molecule has 2 rings (SSSR count). The van der Waals surface area contributed by atoms with Crippen LogP contribution in [0.1, 0.15) is 41.4 Å². The van der Waals surface area contributed by atoms with Gasteiger partial charge in [-0.2, -0.15) is 0 Å². The minimum atomic E-state index is -0.624. The van der Waals surface area contributed by atoms with Crippen LogP contribution >= 0.6 is 0 Å². The molecule has 0 saturated heterocycles. The predicted molar refractivity (Wildman–Crippen MR) is 77.2 cm³/mol. The maximum atomic E-state index is 12.1. The summed E-state index contributed by atoms with van der Waals surface area (Å²) >= 11 is 0. The number of hydrogen-bond acceptors (Lipinski definition) is 3. The van der Waals surface area contributed by atoms with Crippen molar-refractivity contribution < 1.29 is 9.32 Å². The molecule has 1 amide bonds. The van der Waals surface area contributed by atoms with Crippen LogP contribution in [0.25, 0.3) is 0 Å². The average Bonchev–Trinajstić information content (AvgIpc) is 2.63. The maximum absolute atomic E-state index is 12.1. The van der Waals surface area contributed by atoms with E-state index in [1.54, 1.807) is 14.0 Å². The first-order valence-corrected chi connectivity index (χ1v) is 6.48. The van der Waals surface area contributed by atoms with Gasteiger partial charge in [-0.15, -0.1) is 0 Å². The average molecular weight is 274 g/mol. The number of carbonyl (C=O) groups excluding carboxylic acids is 1. The van der Waals surface area contributed by atoms with Crippen molar-refractivity contribution in [3.05, 3.63) is 51.5 Å². The van der Waals surface area contributed by atoms with Crippen molar-refractivity contribution >= 4 is 11.6 Å². The van der Waals surface area contributed by atoms with Gasteiger partial charge in [-0.1, -0.05) is 26.0 Å². The molecule has 106 valence electrons. The van der Waals surface area contributed by atoms with Gasteiger partial charge in [0.1, 0.15) is 5.56 Å². The molecule has 0 atom stereocenters. The highest BCUT2D eigenvalue weighted by Gasteiger charge is 2.19. The Hall–Kier alpha value is -2.30. The third-order valence-electron chi connectivity index (χ3n) is 3.32. The molecule has 1 heterocycles. The number of amides is 1. The van der Waals surface area contributed by atoms with E-state index >= 15 is 0 Å². The second kappa shape index (κ2) is 5.36. The van der Waals surface area contributed by atoms with Crippen LogP contribution in [-0.2, 0) is 7.05 Å². The van der Waals surface area contributed by atoms with Crippen molar-refractivity contribution in [3.8, 4) is 0 Å². The summed E-state index contributed by atoms with van der Waals surface area (Å²) < 4.78 is 6.15. The van der Waals surface area contributed by atoms with Crippen molar-refractivity contribution in [3.63, 3.8) is 0 Å². The zero-order valence-corrected chi connectivity index (χ0v) is 12.1. The van der Waals surface area contributed by atoms with Crippen LogP contribution in [0.15, 0.2) is 33.6 Å². The first kappa shape index (κ1) is 14.1. The molecule has 0 saturated carbocycles. The monoisotopic (exact) mass is 274 g/mol. The molecule has 0 aliphatic carbocycles. The van der Waals surface area contributed by atoms with Gasteiger partial charge >= 0.3 is 5.63 Å². The molecule has 1 N–H and O–H groups in total. The lowest BCUT2D eigenvalue weighted by Crippen LogP contribution is -2.19. The molecular formula is C15H18N2O3. The first-order valence-electron chi connectivity index (χ1n) is 6.48. The lowest BCUT2D eigenvalue weighted by molar-refractivity contribution is 0.102. The van der Waals surface area contributed by atoms with E-state index in [4.69, 9.17) is 4.52 Å². The summed E-state index contributed by atoms with van der Waals surface area (Å²) in [5.41, 5.74) is 1.77. The number of nitrogens with zero attached hydrogens (tertiary/aromatic N) is 1. The van der Waals surface area contributed by atoms with E-state index in [0.717, 1.165) is 0 Å². The van der Waals surface area contributed by atoms with Gasteiger partial charge in [0.2, 0.25) is 0 Å². The number of anilines is 1. The molecule has 0 bridgehead atoms. The predicted octanol–water partition coefficient (Wildman–Crippen LogP) is 2.66. The third kappa shape index (κ3) is 2.66. The molecule has 5 nitrogen and oxygen atoms in total. The van der Waals surface area contributed by atoms with Crippen molar-refractivity contribution in [1.29, 1.82) is 0 Å². The van der Waals surface area contributed by atoms with E-state index in [1.807, 2.05) is 24.3 Å². The topological polar surface area (TPSA) is 64.2 Å². The summed E-state index contributed by atoms with van der Waals surface area (Å²) in [5, 5.41) is 2.71. The van der Waals surface area contributed by atoms with Gasteiger partial charge in [0.25, 0.3) is 5.91 Å². The number of nitrogens with one attached hydrogen (secondary N) is 1. The summed E-state index contributed by atoms with van der Waals surface area (Å²) in [7, 11) is 1.59. The van der Waals surface area contributed by atoms with Crippen molar-refractivity contribution in [2.24, 2.45) is 7.05 Å². The van der Waals surface area contributed by atoms with Gasteiger partial charge < -0.3 is 9.84 Å². The molecule has 5 heteroatoms. The van der Waals surface area contributed by atoms with Crippen LogP contribution in [-0.4, -0.2) is 10.6 Å². The third-order valence-corrected chi connectivity index (χ3v) is 3.32. The molecule has 0 spiro atoms. The number of hydrogen-bond donors (Lipinski definition) is 1. The number of carbonyl (C=O) groups is 1. The molecule has 2 aromatic rings. The van der Waals surface area contributed by atoms with Gasteiger partial charge in [-0.05, 0) is 30.5 Å². The normalized spacial score (nSPS) is 10.8. The SMILES string of the molecule is Cc1c(C(=O)Nc2ccc(C(C)C)cc2)c(=O)on1C. The minimum absolute atomic E-state index is 0.0421. The number of aryl methyl sites for hydroxylation is 1. The Kier molecular flexibility index (Phi) is 3.79. The van der Waals surface area contributed by atoms with Crippen LogP contribution < -0.4 is 10.9 Å². The molecule has 20 heavy (non-hydrogen) atoms. The molecule has 0 radical (unpaired) electrons. The lowest BCUT2D eigenvalue weighted by atomic mass is 10.0. The van der Waals surface area contributed by atoms with E-state index in [9.17, 15) is 9.59 Å². The van der Waals surface area contributed by atoms with E-state index in [0.29, 0.717) is 17.3 Å². The fraction of sp³-hybridized carbons (Fsp3) is 0.333. The van der Waals surface area contributed by atoms with Gasteiger partial charge in [0, 0.05) is 12.7 Å². The molecule has 0 unspecified atom stereocenters. The Bertz CT molecular complexity index is 678. The Morgan fingerprint density at radius 1 is 1.25 bits per heavy atom. The Morgan fingerprint density at radius 3 is 2.30 bits per heavy atom. The van der Waals surface area contributed by atoms with Crippen molar-refractivity contribution in [1.82, 2.24) is 4.74 Å². The van der Waals surface area contributed by atoms with Crippen LogP contribution in [0.3, 0.4) is 0 Å². The fourth-order valence-corrected chi connectivity index (χ4v) is 1.95. The summed E-state index contributed by atoms with van der Waals surface area (Å²) in [6, 6.07) is 7.57. The molecule has 1 aromatic heterocycles. The highest BCUT2D eigenvalue weighted by Crippen LogP contribution is 2.17. The Balaban J connectivity index is 2.21.